The van der Waals surface area contributed by atoms with Gasteiger partial charge < -0.3 is 10.1 Å². The molecule has 2 heterocycles. The van der Waals surface area contributed by atoms with Crippen LogP contribution in [0.25, 0.3) is 5.65 Å². The number of hydrogen-bond acceptors (Lipinski definition) is 4. The Hall–Kier alpha value is -1.78. The lowest BCUT2D eigenvalue weighted by molar-refractivity contribution is 0.101. The Bertz CT molecular complexity index is 547. The summed E-state index contributed by atoms with van der Waals surface area (Å²) >= 11 is 0. The number of rotatable bonds is 6. The van der Waals surface area contributed by atoms with Crippen LogP contribution in [-0.2, 0) is 0 Å². The number of ether oxygens (including phenoxy) is 1. The third-order valence-corrected chi connectivity index (χ3v) is 3.12. The third kappa shape index (κ3) is 3.16. The van der Waals surface area contributed by atoms with Gasteiger partial charge in [0.05, 0.1) is 6.20 Å². The summed E-state index contributed by atoms with van der Waals surface area (Å²) in [5.41, 5.74) is 0.506. The van der Waals surface area contributed by atoms with E-state index < -0.39 is 0 Å². The molecule has 0 aliphatic rings. The smallest absolute Gasteiger partial charge is 0.260 e. The second-order valence-corrected chi connectivity index (χ2v) is 5.23. The highest BCUT2D eigenvalue weighted by molar-refractivity contribution is 5.53. The van der Waals surface area contributed by atoms with Crippen molar-refractivity contribution in [3.05, 3.63) is 18.6 Å². The van der Waals surface area contributed by atoms with Gasteiger partial charge in [-0.2, -0.15) is 4.98 Å². The minimum atomic E-state index is -0.247. The van der Waals surface area contributed by atoms with Crippen molar-refractivity contribution in [1.82, 2.24) is 14.4 Å². The van der Waals surface area contributed by atoms with E-state index in [-0.39, 0.29) is 5.60 Å². The maximum Gasteiger partial charge on any atom is 0.260 e. The van der Waals surface area contributed by atoms with Crippen molar-refractivity contribution in [2.45, 2.75) is 46.1 Å². The number of nitrogens with one attached hydrogen (secondary N) is 1. The van der Waals surface area contributed by atoms with Gasteiger partial charge in [0.1, 0.15) is 11.4 Å². The van der Waals surface area contributed by atoms with Crippen LogP contribution in [0, 0.1) is 0 Å². The van der Waals surface area contributed by atoms with Crippen LogP contribution in [-0.4, -0.2) is 26.5 Å². The quantitative estimate of drug-likeness (QED) is 0.869. The summed E-state index contributed by atoms with van der Waals surface area (Å²) in [7, 11) is 0. The Balaban J connectivity index is 2.36. The number of anilines is 1. The first-order valence-corrected chi connectivity index (χ1v) is 6.82. The van der Waals surface area contributed by atoms with Crippen LogP contribution < -0.4 is 10.1 Å². The van der Waals surface area contributed by atoms with Gasteiger partial charge >= 0.3 is 0 Å². The molecule has 0 aromatic carbocycles. The largest absolute Gasteiger partial charge is 0.469 e. The van der Waals surface area contributed by atoms with Crippen LogP contribution in [0.5, 0.6) is 5.88 Å². The van der Waals surface area contributed by atoms with Crippen molar-refractivity contribution >= 4 is 11.5 Å². The van der Waals surface area contributed by atoms with E-state index in [2.05, 4.69) is 43.0 Å². The maximum absolute atomic E-state index is 6.01. The molecule has 0 radical (unpaired) electrons. The van der Waals surface area contributed by atoms with Gasteiger partial charge in [-0.15, -0.1) is 0 Å². The summed E-state index contributed by atoms with van der Waals surface area (Å²) in [5.74, 6) is 1.40. The Labute approximate surface area is 114 Å². The number of aromatic nitrogens is 3. The first-order chi connectivity index (χ1) is 9.05. The molecule has 2 rings (SSSR count). The zero-order valence-corrected chi connectivity index (χ0v) is 12.1. The predicted octanol–water partition coefficient (Wildman–Crippen LogP) is 3.12. The first-order valence-electron chi connectivity index (χ1n) is 6.82. The van der Waals surface area contributed by atoms with Crippen LogP contribution in [0.3, 0.4) is 0 Å². The van der Waals surface area contributed by atoms with Crippen LogP contribution in [0.15, 0.2) is 18.6 Å². The van der Waals surface area contributed by atoms with Crippen molar-refractivity contribution in [2.24, 2.45) is 0 Å². The highest BCUT2D eigenvalue weighted by Gasteiger charge is 2.20. The number of nitrogens with zero attached hydrogens (tertiary/aromatic N) is 3. The molecule has 2 aromatic heterocycles. The topological polar surface area (TPSA) is 51.5 Å². The maximum atomic E-state index is 6.01. The van der Waals surface area contributed by atoms with Crippen LogP contribution in [0.1, 0.15) is 40.5 Å². The molecule has 0 atom stereocenters. The number of hydrogen-bond donors (Lipinski definition) is 1. The fraction of sp³-hybridized carbons (Fsp3) is 0.571. The lowest BCUT2D eigenvalue weighted by atomic mass is 10.1. The zero-order valence-electron chi connectivity index (χ0n) is 12.1. The molecule has 104 valence electrons. The molecule has 0 fully saturated rings. The lowest BCUT2D eigenvalue weighted by Crippen LogP contribution is -2.27. The zero-order chi connectivity index (χ0) is 13.9. The monoisotopic (exact) mass is 262 g/mol. The van der Waals surface area contributed by atoms with Gasteiger partial charge in [0.2, 0.25) is 5.65 Å². The second-order valence-electron chi connectivity index (χ2n) is 5.23. The first kappa shape index (κ1) is 13.6. The van der Waals surface area contributed by atoms with E-state index in [0.717, 1.165) is 30.9 Å². The summed E-state index contributed by atoms with van der Waals surface area (Å²) in [5, 5.41) is 3.28. The van der Waals surface area contributed by atoms with Crippen LogP contribution in [0.4, 0.5) is 5.82 Å². The van der Waals surface area contributed by atoms with Crippen molar-refractivity contribution in [3.63, 3.8) is 0 Å². The molecule has 19 heavy (non-hydrogen) atoms. The van der Waals surface area contributed by atoms with E-state index >= 15 is 0 Å². The van der Waals surface area contributed by atoms with E-state index in [4.69, 9.17) is 4.74 Å². The van der Waals surface area contributed by atoms with E-state index in [1.807, 2.05) is 16.8 Å². The van der Waals surface area contributed by atoms with Gasteiger partial charge in [-0.3, -0.25) is 4.40 Å². The summed E-state index contributed by atoms with van der Waals surface area (Å²) in [6.45, 7) is 9.23. The van der Waals surface area contributed by atoms with E-state index in [1.54, 1.807) is 6.20 Å². The number of imidazole rings is 1. The standard InChI is InChI=1S/C14H22N4O/c1-5-7-15-11-10-18-9-8-16-12(18)13(17-11)19-14(3,4)6-2/h8-10,15H,5-7H2,1-4H3. The van der Waals surface area contributed by atoms with Crippen molar-refractivity contribution in [1.29, 1.82) is 0 Å². The minimum Gasteiger partial charge on any atom is -0.469 e. The lowest BCUT2D eigenvalue weighted by Gasteiger charge is -2.24. The molecule has 0 saturated carbocycles. The van der Waals surface area contributed by atoms with Crippen molar-refractivity contribution in [3.8, 4) is 5.88 Å². The average molecular weight is 262 g/mol. The van der Waals surface area contributed by atoms with Crippen molar-refractivity contribution in [2.75, 3.05) is 11.9 Å². The molecular weight excluding hydrogens is 240 g/mol. The Morgan fingerprint density at radius 1 is 1.37 bits per heavy atom. The van der Waals surface area contributed by atoms with E-state index in [0.29, 0.717) is 5.88 Å². The number of fused-ring (bicyclic) bond motifs is 1. The Morgan fingerprint density at radius 2 is 2.16 bits per heavy atom. The molecule has 5 nitrogen and oxygen atoms in total. The summed E-state index contributed by atoms with van der Waals surface area (Å²) in [4.78, 5) is 8.83. The molecule has 0 aliphatic carbocycles. The molecule has 0 unspecified atom stereocenters. The molecule has 2 aromatic rings. The van der Waals surface area contributed by atoms with Gasteiger partial charge in [-0.25, -0.2) is 4.98 Å². The summed E-state index contributed by atoms with van der Waals surface area (Å²) in [6.07, 6.45) is 7.56. The van der Waals surface area contributed by atoms with Gasteiger partial charge in [0, 0.05) is 18.9 Å². The fourth-order valence-corrected chi connectivity index (χ4v) is 1.64. The fourth-order valence-electron chi connectivity index (χ4n) is 1.64. The molecule has 0 aliphatic heterocycles. The second kappa shape index (κ2) is 5.47. The third-order valence-electron chi connectivity index (χ3n) is 3.12. The minimum absolute atomic E-state index is 0.247. The van der Waals surface area contributed by atoms with Crippen LogP contribution >= 0.6 is 0 Å². The molecule has 0 spiro atoms. The SMILES string of the molecule is CCCNc1cn2ccnc2c(OC(C)(C)CC)n1. The Morgan fingerprint density at radius 3 is 2.84 bits per heavy atom. The molecule has 5 heteroatoms. The van der Waals surface area contributed by atoms with Crippen molar-refractivity contribution < 1.29 is 4.74 Å². The predicted molar refractivity (Wildman–Crippen MR) is 76.8 cm³/mol. The van der Waals surface area contributed by atoms with Gasteiger partial charge in [0.15, 0.2) is 0 Å². The molecular formula is C14H22N4O. The van der Waals surface area contributed by atoms with E-state index in [1.165, 1.54) is 0 Å². The normalized spacial score (nSPS) is 11.8. The Kier molecular flexibility index (Phi) is 3.93. The molecule has 0 amide bonds. The van der Waals surface area contributed by atoms with E-state index in [9.17, 15) is 0 Å². The summed E-state index contributed by atoms with van der Waals surface area (Å²) in [6, 6.07) is 0. The molecule has 0 saturated heterocycles. The van der Waals surface area contributed by atoms with Gasteiger partial charge in [-0.05, 0) is 26.7 Å². The summed E-state index contributed by atoms with van der Waals surface area (Å²) < 4.78 is 7.95. The highest BCUT2D eigenvalue weighted by atomic mass is 16.5. The average Bonchev–Trinajstić information content (AvgIpc) is 2.84. The molecule has 1 N–H and O–H groups in total. The van der Waals surface area contributed by atoms with Gasteiger partial charge in [-0.1, -0.05) is 13.8 Å². The van der Waals surface area contributed by atoms with Crippen LogP contribution in [0.2, 0.25) is 0 Å². The molecule has 0 bridgehead atoms. The highest BCUT2D eigenvalue weighted by Crippen LogP contribution is 2.24. The van der Waals surface area contributed by atoms with Gasteiger partial charge in [0.25, 0.3) is 5.88 Å².